The highest BCUT2D eigenvalue weighted by atomic mass is 16.3. The van der Waals surface area contributed by atoms with Crippen molar-refractivity contribution in [1.82, 2.24) is 14.9 Å². The summed E-state index contributed by atoms with van der Waals surface area (Å²) in [5, 5.41) is 23.0. The molecule has 1 aliphatic carbocycles. The van der Waals surface area contributed by atoms with Crippen molar-refractivity contribution in [1.29, 1.82) is 5.41 Å². The van der Waals surface area contributed by atoms with E-state index in [1.807, 2.05) is 18.4 Å². The number of aromatic nitrogens is 2. The summed E-state index contributed by atoms with van der Waals surface area (Å²) in [6, 6.07) is 0.109. The molecule has 0 aromatic carbocycles. The summed E-state index contributed by atoms with van der Waals surface area (Å²) >= 11 is 0. The van der Waals surface area contributed by atoms with Gasteiger partial charge in [0.15, 0.2) is 10.8 Å². The molecule has 1 aromatic heterocycles. The third kappa shape index (κ3) is 3.46. The van der Waals surface area contributed by atoms with Crippen molar-refractivity contribution in [2.24, 2.45) is 0 Å². The second-order valence-electron chi connectivity index (χ2n) is 5.89. The summed E-state index contributed by atoms with van der Waals surface area (Å²) in [7, 11) is 0. The van der Waals surface area contributed by atoms with Gasteiger partial charge in [-0.1, -0.05) is 19.4 Å². The molecule has 5 nitrogen and oxygen atoms in total. The molecule has 2 rings (SSSR count). The van der Waals surface area contributed by atoms with Crippen LogP contribution in [-0.2, 0) is 13.0 Å². The van der Waals surface area contributed by atoms with E-state index < -0.39 is 0 Å². The molecule has 1 aliphatic rings. The van der Waals surface area contributed by atoms with E-state index in [9.17, 15) is 5.11 Å². The van der Waals surface area contributed by atoms with Gasteiger partial charge in [-0.2, -0.15) is 0 Å². The number of aliphatic hydroxyl groups excluding tert-OH is 1. The van der Waals surface area contributed by atoms with Gasteiger partial charge in [0.2, 0.25) is 5.88 Å². The number of aliphatic hydroxyl groups is 1. The zero-order chi connectivity index (χ0) is 15.4. The normalized spacial score (nSPS) is 15.4. The molecule has 0 fully saturated rings. The number of hydrogen-bond acceptors (Lipinski definition) is 4. The quantitative estimate of drug-likeness (QED) is 0.754. The van der Waals surface area contributed by atoms with E-state index in [1.165, 1.54) is 0 Å². The molecule has 0 radical (unpaired) electrons. The second-order valence-corrected chi connectivity index (χ2v) is 5.89. The van der Waals surface area contributed by atoms with E-state index in [4.69, 9.17) is 5.41 Å². The van der Waals surface area contributed by atoms with Gasteiger partial charge in [-0.15, -0.1) is 0 Å². The van der Waals surface area contributed by atoms with Gasteiger partial charge >= 0.3 is 0 Å². The van der Waals surface area contributed by atoms with Crippen LogP contribution in [0.4, 0.5) is 0 Å². The van der Waals surface area contributed by atoms with Gasteiger partial charge in [0, 0.05) is 12.6 Å². The van der Waals surface area contributed by atoms with Crippen molar-refractivity contribution in [3.63, 3.8) is 0 Å². The molecule has 5 heteroatoms. The van der Waals surface area contributed by atoms with E-state index in [-0.39, 0.29) is 11.9 Å². The molecule has 0 aliphatic heterocycles. The average molecular weight is 290 g/mol. The molecule has 3 N–H and O–H groups in total. The topological polar surface area (TPSA) is 73.9 Å². The van der Waals surface area contributed by atoms with Crippen LogP contribution in [0.1, 0.15) is 52.1 Å². The molecule has 116 valence electrons. The van der Waals surface area contributed by atoms with Gasteiger partial charge < -0.3 is 15.0 Å². The Kier molecular flexibility index (Phi) is 5.04. The molecular weight excluding hydrogens is 264 g/mol. The number of unbranched alkanes of at least 4 members (excludes halogenated alkanes) is 1. The minimum Gasteiger partial charge on any atom is -0.493 e. The first kappa shape index (κ1) is 15.6. The first-order chi connectivity index (χ1) is 10.0. The lowest BCUT2D eigenvalue weighted by Gasteiger charge is -2.16. The lowest BCUT2D eigenvalue weighted by molar-refractivity contribution is 0.434. The molecule has 1 heterocycles. The van der Waals surface area contributed by atoms with E-state index >= 15 is 0 Å². The van der Waals surface area contributed by atoms with Gasteiger partial charge in [0.05, 0.1) is 11.0 Å². The minimum absolute atomic E-state index is 0.00798. The summed E-state index contributed by atoms with van der Waals surface area (Å²) in [5.41, 5.74) is 1.30. The highest BCUT2D eigenvalue weighted by molar-refractivity contribution is 5.31. The zero-order valence-corrected chi connectivity index (χ0v) is 13.2. The monoisotopic (exact) mass is 290 g/mol. The number of hydrogen-bond donors (Lipinski definition) is 3. The summed E-state index contributed by atoms with van der Waals surface area (Å²) in [6.07, 6.45) is 7.33. The van der Waals surface area contributed by atoms with Crippen LogP contribution < -0.4 is 21.5 Å². The highest BCUT2D eigenvalue weighted by Crippen LogP contribution is 2.03. The molecule has 0 saturated heterocycles. The minimum atomic E-state index is 0.00798. The molecule has 0 unspecified atom stereocenters. The zero-order valence-electron chi connectivity index (χ0n) is 13.2. The average Bonchev–Trinajstić information content (AvgIpc) is 2.45. The van der Waals surface area contributed by atoms with Gasteiger partial charge in [-0.25, -0.2) is 4.98 Å². The van der Waals surface area contributed by atoms with E-state index in [0.29, 0.717) is 10.8 Å². The lowest BCUT2D eigenvalue weighted by Crippen LogP contribution is -2.50. The number of nitrogens with zero attached hydrogens (tertiary/aromatic N) is 2. The van der Waals surface area contributed by atoms with Crippen LogP contribution in [0, 0.1) is 5.41 Å². The molecular formula is C16H26N4O. The van der Waals surface area contributed by atoms with Crippen LogP contribution in [0.2, 0.25) is 0 Å². The molecule has 0 saturated carbocycles. The van der Waals surface area contributed by atoms with Crippen molar-refractivity contribution in [3.8, 4) is 0 Å². The Bertz CT molecular complexity index is 673. The summed E-state index contributed by atoms with van der Waals surface area (Å²) in [4.78, 5) is 4.55. The third-order valence-corrected chi connectivity index (χ3v) is 3.67. The maximum absolute atomic E-state index is 10.2. The largest absolute Gasteiger partial charge is 0.493 e. The third-order valence-electron chi connectivity index (χ3n) is 3.67. The van der Waals surface area contributed by atoms with Crippen LogP contribution in [0.15, 0.2) is 0 Å². The molecule has 21 heavy (non-hydrogen) atoms. The second kappa shape index (κ2) is 6.78. The van der Waals surface area contributed by atoms with Crippen molar-refractivity contribution in [2.75, 3.05) is 0 Å². The SMILES string of the molecule is CCCCn1c2c(n/c(=C(/O)NC(C)C)c1=N)CCCC=2. The Morgan fingerprint density at radius 3 is 2.95 bits per heavy atom. The van der Waals surface area contributed by atoms with Crippen molar-refractivity contribution in [3.05, 3.63) is 21.9 Å². The van der Waals surface area contributed by atoms with Crippen LogP contribution in [0.5, 0.6) is 0 Å². The standard InChI is InChI=1S/C16H26N4O/c1-4-5-10-20-13-9-7-6-8-12(13)19-14(15(20)17)16(21)18-11(2)3/h9,11,17-18,21H,4-8,10H2,1-3H3/b16-14+,17-15?. The fraction of sp³-hybridized carbons (Fsp3) is 0.625. The van der Waals surface area contributed by atoms with Crippen molar-refractivity contribution in [2.45, 2.75) is 65.5 Å². The van der Waals surface area contributed by atoms with Gasteiger partial charge in [0.1, 0.15) is 0 Å². The fourth-order valence-corrected chi connectivity index (χ4v) is 2.62. The highest BCUT2D eigenvalue weighted by Gasteiger charge is 2.11. The van der Waals surface area contributed by atoms with Crippen molar-refractivity contribution < 1.29 is 5.11 Å². The van der Waals surface area contributed by atoms with Crippen molar-refractivity contribution >= 4 is 12.0 Å². The number of nitrogens with one attached hydrogen (secondary N) is 2. The molecule has 0 spiro atoms. The predicted molar refractivity (Wildman–Crippen MR) is 84.0 cm³/mol. The summed E-state index contributed by atoms with van der Waals surface area (Å²) < 4.78 is 2.00. The van der Waals surface area contributed by atoms with E-state index in [2.05, 4.69) is 23.3 Å². The Balaban J connectivity index is 2.67. The lowest BCUT2D eigenvalue weighted by atomic mass is 10.1. The van der Waals surface area contributed by atoms with Crippen LogP contribution in [-0.4, -0.2) is 20.7 Å². The van der Waals surface area contributed by atoms with Crippen LogP contribution >= 0.6 is 0 Å². The predicted octanol–water partition coefficient (Wildman–Crippen LogP) is 0.901. The van der Waals surface area contributed by atoms with Crippen LogP contribution in [0.3, 0.4) is 0 Å². The summed E-state index contributed by atoms with van der Waals surface area (Å²) in [6.45, 7) is 6.86. The first-order valence-electron chi connectivity index (χ1n) is 7.89. The van der Waals surface area contributed by atoms with E-state index in [1.54, 1.807) is 0 Å². The number of aryl methyl sites for hydroxylation is 1. The van der Waals surface area contributed by atoms with Gasteiger partial charge in [0.25, 0.3) is 0 Å². The number of fused-ring (bicyclic) bond motifs is 1. The van der Waals surface area contributed by atoms with Gasteiger partial charge in [-0.05, 0) is 39.5 Å². The summed E-state index contributed by atoms with van der Waals surface area (Å²) in [5.74, 6) is 0.00798. The first-order valence-corrected chi connectivity index (χ1v) is 7.89. The smallest absolute Gasteiger partial charge is 0.214 e. The molecule has 0 atom stereocenters. The fourth-order valence-electron chi connectivity index (χ4n) is 2.62. The maximum atomic E-state index is 10.2. The van der Waals surface area contributed by atoms with E-state index in [0.717, 1.165) is 49.7 Å². The van der Waals surface area contributed by atoms with Gasteiger partial charge in [-0.3, -0.25) is 5.41 Å². The Hall–Kier alpha value is -1.78. The van der Waals surface area contributed by atoms with Crippen LogP contribution in [0.25, 0.3) is 12.0 Å². The number of rotatable bonds is 5. The Labute approximate surface area is 125 Å². The maximum Gasteiger partial charge on any atom is 0.214 e. The molecule has 0 bridgehead atoms. The Morgan fingerprint density at radius 2 is 2.29 bits per heavy atom. The molecule has 1 aromatic rings. The Morgan fingerprint density at radius 1 is 1.52 bits per heavy atom. The molecule has 0 amide bonds.